The summed E-state index contributed by atoms with van der Waals surface area (Å²) in [6.07, 6.45) is 5.72. The number of hydrogen-bond donors (Lipinski definition) is 0. The second-order valence-electron chi connectivity index (χ2n) is 4.14. The molecule has 3 heteroatoms. The Labute approximate surface area is 102 Å². The smallest absolute Gasteiger partial charge is 0.246 e. The van der Waals surface area contributed by atoms with Gasteiger partial charge in [-0.3, -0.25) is 4.79 Å². The molecule has 0 saturated carbocycles. The van der Waals surface area contributed by atoms with Gasteiger partial charge in [-0.1, -0.05) is 12.1 Å². The molecule has 1 aromatic rings. The molecule has 1 amide bonds. The molecule has 1 aliphatic rings. The lowest BCUT2D eigenvalue weighted by molar-refractivity contribution is -0.124. The molecule has 0 spiro atoms. The zero-order valence-electron chi connectivity index (χ0n) is 10.1. The Kier molecular flexibility index (Phi) is 3.81. The van der Waals surface area contributed by atoms with Crippen molar-refractivity contribution in [3.8, 4) is 5.75 Å². The first-order valence-corrected chi connectivity index (χ1v) is 5.90. The Bertz CT molecular complexity index is 420. The Morgan fingerprint density at radius 2 is 2.12 bits per heavy atom. The summed E-state index contributed by atoms with van der Waals surface area (Å²) < 4.78 is 5.13. The lowest BCUT2D eigenvalue weighted by Gasteiger charge is -2.11. The number of rotatable bonds is 3. The third kappa shape index (κ3) is 3.09. The first-order valence-electron chi connectivity index (χ1n) is 5.90. The van der Waals surface area contributed by atoms with Gasteiger partial charge in [0.05, 0.1) is 7.11 Å². The van der Waals surface area contributed by atoms with Crippen LogP contribution in [0.4, 0.5) is 0 Å². The third-order valence-electron chi connectivity index (χ3n) is 2.93. The number of benzene rings is 1. The van der Waals surface area contributed by atoms with Crippen LogP contribution in [0, 0.1) is 0 Å². The van der Waals surface area contributed by atoms with E-state index in [4.69, 9.17) is 4.74 Å². The monoisotopic (exact) mass is 231 g/mol. The second kappa shape index (κ2) is 5.53. The van der Waals surface area contributed by atoms with Crippen molar-refractivity contribution in [2.75, 3.05) is 20.2 Å². The summed E-state index contributed by atoms with van der Waals surface area (Å²) in [6.45, 7) is 1.78. The Hall–Kier alpha value is -1.77. The van der Waals surface area contributed by atoms with Gasteiger partial charge < -0.3 is 9.64 Å². The van der Waals surface area contributed by atoms with Crippen LogP contribution in [-0.2, 0) is 4.79 Å². The molecule has 0 N–H and O–H groups in total. The van der Waals surface area contributed by atoms with Gasteiger partial charge >= 0.3 is 0 Å². The highest BCUT2D eigenvalue weighted by molar-refractivity contribution is 5.91. The van der Waals surface area contributed by atoms with Crippen molar-refractivity contribution >= 4 is 12.0 Å². The van der Waals surface area contributed by atoms with Crippen LogP contribution in [0.15, 0.2) is 30.3 Å². The summed E-state index contributed by atoms with van der Waals surface area (Å²) in [5.41, 5.74) is 0.983. The number of amides is 1. The quantitative estimate of drug-likeness (QED) is 0.747. The molecule has 1 aromatic carbocycles. The van der Waals surface area contributed by atoms with E-state index < -0.39 is 0 Å². The lowest BCUT2D eigenvalue weighted by atomic mass is 10.2. The van der Waals surface area contributed by atoms with Crippen LogP contribution in [0.5, 0.6) is 5.75 Å². The van der Waals surface area contributed by atoms with Crippen molar-refractivity contribution in [1.29, 1.82) is 0 Å². The molecule has 1 fully saturated rings. The second-order valence-corrected chi connectivity index (χ2v) is 4.14. The number of ether oxygens (including phenoxy) is 1. The van der Waals surface area contributed by atoms with Gasteiger partial charge in [0.2, 0.25) is 5.91 Å². The number of carbonyl (C=O) groups excluding carboxylic acids is 1. The molecule has 0 aliphatic carbocycles. The van der Waals surface area contributed by atoms with Gasteiger partial charge in [-0.15, -0.1) is 0 Å². The minimum atomic E-state index is 0.102. The molecule has 1 aliphatic heterocycles. The minimum Gasteiger partial charge on any atom is -0.497 e. The standard InChI is InChI=1S/C14H17NO2/c1-17-13-6-4-5-12(11-13)7-8-14(16)15-9-2-3-10-15/h4-8,11H,2-3,9-10H2,1H3. The van der Waals surface area contributed by atoms with E-state index in [-0.39, 0.29) is 5.91 Å². The normalized spacial score (nSPS) is 15.5. The Balaban J connectivity index is 2.01. The maximum atomic E-state index is 11.8. The molecule has 0 unspecified atom stereocenters. The van der Waals surface area contributed by atoms with E-state index in [0.717, 1.165) is 37.2 Å². The van der Waals surface area contributed by atoms with Crippen LogP contribution >= 0.6 is 0 Å². The van der Waals surface area contributed by atoms with Crippen molar-refractivity contribution in [1.82, 2.24) is 4.90 Å². The molecule has 0 aromatic heterocycles. The van der Waals surface area contributed by atoms with Crippen LogP contribution in [0.25, 0.3) is 6.08 Å². The molecule has 1 saturated heterocycles. The number of hydrogen-bond acceptors (Lipinski definition) is 2. The average molecular weight is 231 g/mol. The third-order valence-corrected chi connectivity index (χ3v) is 2.93. The summed E-state index contributed by atoms with van der Waals surface area (Å²) in [7, 11) is 1.64. The van der Waals surface area contributed by atoms with Crippen LogP contribution in [0.3, 0.4) is 0 Å². The Morgan fingerprint density at radius 3 is 2.82 bits per heavy atom. The summed E-state index contributed by atoms with van der Waals surface area (Å²) in [6, 6.07) is 7.67. The lowest BCUT2D eigenvalue weighted by Crippen LogP contribution is -2.25. The highest BCUT2D eigenvalue weighted by Crippen LogP contribution is 2.14. The van der Waals surface area contributed by atoms with Crippen molar-refractivity contribution < 1.29 is 9.53 Å². The van der Waals surface area contributed by atoms with E-state index in [1.54, 1.807) is 13.2 Å². The number of carbonyl (C=O) groups is 1. The highest BCUT2D eigenvalue weighted by atomic mass is 16.5. The van der Waals surface area contributed by atoms with Gasteiger partial charge in [0, 0.05) is 19.2 Å². The van der Waals surface area contributed by atoms with Gasteiger partial charge in [0.25, 0.3) is 0 Å². The SMILES string of the molecule is COc1cccc(C=CC(=O)N2CCCC2)c1. The van der Waals surface area contributed by atoms with E-state index >= 15 is 0 Å². The molecular weight excluding hydrogens is 214 g/mol. The van der Waals surface area contributed by atoms with Gasteiger partial charge in [0.1, 0.15) is 5.75 Å². The molecule has 17 heavy (non-hydrogen) atoms. The average Bonchev–Trinajstić information content (AvgIpc) is 2.90. The predicted octanol–water partition coefficient (Wildman–Crippen LogP) is 2.33. The first kappa shape index (κ1) is 11.7. The summed E-state index contributed by atoms with van der Waals surface area (Å²) in [5.74, 6) is 0.908. The first-order chi connectivity index (χ1) is 8.29. The van der Waals surface area contributed by atoms with Crippen molar-refractivity contribution in [3.05, 3.63) is 35.9 Å². The zero-order valence-corrected chi connectivity index (χ0v) is 10.1. The predicted molar refractivity (Wildman–Crippen MR) is 67.8 cm³/mol. The van der Waals surface area contributed by atoms with E-state index in [1.165, 1.54) is 0 Å². The van der Waals surface area contributed by atoms with Crippen molar-refractivity contribution in [2.45, 2.75) is 12.8 Å². The van der Waals surface area contributed by atoms with E-state index in [2.05, 4.69) is 0 Å². The number of likely N-dealkylation sites (tertiary alicyclic amines) is 1. The van der Waals surface area contributed by atoms with Gasteiger partial charge in [0.15, 0.2) is 0 Å². The molecular formula is C14H17NO2. The fourth-order valence-electron chi connectivity index (χ4n) is 1.96. The van der Waals surface area contributed by atoms with Crippen LogP contribution in [-0.4, -0.2) is 31.0 Å². The molecule has 3 nitrogen and oxygen atoms in total. The number of methoxy groups -OCH3 is 1. The summed E-state index contributed by atoms with van der Waals surface area (Å²) in [4.78, 5) is 13.7. The van der Waals surface area contributed by atoms with Crippen molar-refractivity contribution in [2.24, 2.45) is 0 Å². The maximum absolute atomic E-state index is 11.8. The van der Waals surface area contributed by atoms with E-state index in [0.29, 0.717) is 0 Å². The Morgan fingerprint density at radius 1 is 1.35 bits per heavy atom. The summed E-state index contributed by atoms with van der Waals surface area (Å²) in [5, 5.41) is 0. The van der Waals surface area contributed by atoms with Crippen LogP contribution in [0.1, 0.15) is 18.4 Å². The topological polar surface area (TPSA) is 29.5 Å². The van der Waals surface area contributed by atoms with E-state index in [1.807, 2.05) is 35.2 Å². The largest absolute Gasteiger partial charge is 0.497 e. The number of nitrogens with zero attached hydrogens (tertiary/aromatic N) is 1. The van der Waals surface area contributed by atoms with Crippen LogP contribution in [0.2, 0.25) is 0 Å². The molecule has 90 valence electrons. The highest BCUT2D eigenvalue weighted by Gasteiger charge is 2.14. The van der Waals surface area contributed by atoms with E-state index in [9.17, 15) is 4.79 Å². The fourth-order valence-corrected chi connectivity index (χ4v) is 1.96. The molecule has 1 heterocycles. The summed E-state index contributed by atoms with van der Waals surface area (Å²) >= 11 is 0. The molecule has 0 bridgehead atoms. The molecule has 0 atom stereocenters. The molecule has 2 rings (SSSR count). The van der Waals surface area contributed by atoms with Gasteiger partial charge in [-0.25, -0.2) is 0 Å². The molecule has 0 radical (unpaired) electrons. The maximum Gasteiger partial charge on any atom is 0.246 e. The van der Waals surface area contributed by atoms with Crippen molar-refractivity contribution in [3.63, 3.8) is 0 Å². The minimum absolute atomic E-state index is 0.102. The van der Waals surface area contributed by atoms with Gasteiger partial charge in [-0.05, 0) is 36.6 Å². The van der Waals surface area contributed by atoms with Crippen LogP contribution < -0.4 is 4.74 Å². The fraction of sp³-hybridized carbons (Fsp3) is 0.357. The van der Waals surface area contributed by atoms with Gasteiger partial charge in [-0.2, -0.15) is 0 Å². The zero-order chi connectivity index (χ0) is 12.1.